The quantitative estimate of drug-likeness (QED) is 0.514. The molecule has 8 nitrogen and oxygen atoms in total. The summed E-state index contributed by atoms with van der Waals surface area (Å²) in [5, 5.41) is 7.80. The first-order valence-corrected chi connectivity index (χ1v) is 13.2. The highest BCUT2D eigenvalue weighted by Gasteiger charge is 2.31. The summed E-state index contributed by atoms with van der Waals surface area (Å²) in [4.78, 5) is 30.8. The van der Waals surface area contributed by atoms with Crippen LogP contribution in [0.2, 0.25) is 0 Å². The summed E-state index contributed by atoms with van der Waals surface area (Å²) in [5.74, 6) is 1.96. The Hall–Kier alpha value is -2.87. The highest BCUT2D eigenvalue weighted by molar-refractivity contribution is 5.77. The van der Waals surface area contributed by atoms with E-state index in [2.05, 4.69) is 28.4 Å². The highest BCUT2D eigenvalue weighted by Crippen LogP contribution is 2.29. The van der Waals surface area contributed by atoms with Crippen LogP contribution in [0.25, 0.3) is 11.0 Å². The lowest BCUT2D eigenvalue weighted by atomic mass is 9.81. The van der Waals surface area contributed by atoms with Gasteiger partial charge in [-0.3, -0.25) is 9.36 Å². The van der Waals surface area contributed by atoms with E-state index in [1.54, 1.807) is 0 Å². The average molecular weight is 480 g/mol. The third-order valence-corrected chi connectivity index (χ3v) is 7.86. The Morgan fingerprint density at radius 1 is 1.17 bits per heavy atom. The molecule has 4 heterocycles. The van der Waals surface area contributed by atoms with Crippen LogP contribution in [0.1, 0.15) is 62.9 Å². The van der Waals surface area contributed by atoms with E-state index in [9.17, 15) is 9.59 Å². The number of hydrogen-bond acceptors (Lipinski definition) is 5. The van der Waals surface area contributed by atoms with Crippen LogP contribution in [0.3, 0.4) is 0 Å². The normalized spacial score (nSPS) is 21.6. The van der Waals surface area contributed by atoms with Gasteiger partial charge in [-0.2, -0.15) is 0 Å². The van der Waals surface area contributed by atoms with E-state index in [1.165, 1.54) is 0 Å². The molecule has 2 unspecified atom stereocenters. The molecule has 2 fully saturated rings. The number of nitrogens with zero attached hydrogens (tertiary/aromatic N) is 3. The highest BCUT2D eigenvalue weighted by atomic mass is 16.5. The van der Waals surface area contributed by atoms with Crippen LogP contribution in [0, 0.1) is 11.8 Å². The number of likely N-dealkylation sites (tertiary alicyclic amines) is 1. The molecule has 8 heteroatoms. The molecule has 2 N–H and O–H groups in total. The Kier molecular flexibility index (Phi) is 7.37. The molecule has 2 aromatic heterocycles. The summed E-state index contributed by atoms with van der Waals surface area (Å²) in [5.41, 5.74) is 2.77. The van der Waals surface area contributed by atoms with Crippen LogP contribution in [0.15, 0.2) is 39.6 Å². The first-order valence-electron chi connectivity index (χ1n) is 13.2. The maximum atomic E-state index is 13.3. The first kappa shape index (κ1) is 23.9. The average Bonchev–Trinajstić information content (AvgIpc) is 3.47. The Bertz CT molecular complexity index is 1190. The zero-order chi connectivity index (χ0) is 24.2. The molecule has 2 aliphatic rings. The number of rotatable bonds is 8. The molecule has 0 radical (unpaired) electrons. The van der Waals surface area contributed by atoms with Crippen molar-refractivity contribution in [3.05, 3.63) is 52.3 Å². The number of aromatic nitrogens is 3. The number of carbonyl (C=O) groups excluding carboxylic acids is 1. The predicted octanol–water partition coefficient (Wildman–Crippen LogP) is 3.68. The third-order valence-electron chi connectivity index (χ3n) is 7.86. The maximum Gasteiger partial charge on any atom is 0.326 e. The Morgan fingerprint density at radius 3 is 2.83 bits per heavy atom. The Morgan fingerprint density at radius 2 is 2.00 bits per heavy atom. The van der Waals surface area contributed by atoms with Crippen LogP contribution in [-0.2, 0) is 17.6 Å². The maximum absolute atomic E-state index is 13.3. The van der Waals surface area contributed by atoms with Gasteiger partial charge in [0.15, 0.2) is 0 Å². The fraction of sp³-hybridized carbons (Fsp3) is 0.593. The van der Waals surface area contributed by atoms with Gasteiger partial charge in [-0.05, 0) is 69.2 Å². The molecule has 0 aliphatic carbocycles. The van der Waals surface area contributed by atoms with E-state index < -0.39 is 0 Å². The molecular weight excluding hydrogens is 442 g/mol. The molecule has 188 valence electrons. The number of piperidine rings is 2. The van der Waals surface area contributed by atoms with E-state index in [4.69, 9.17) is 4.52 Å². The summed E-state index contributed by atoms with van der Waals surface area (Å²) in [7, 11) is 0. The first-order chi connectivity index (χ1) is 17.1. The lowest BCUT2D eigenvalue weighted by Gasteiger charge is -2.36. The van der Waals surface area contributed by atoms with E-state index in [0.717, 1.165) is 80.5 Å². The van der Waals surface area contributed by atoms with E-state index in [0.29, 0.717) is 31.3 Å². The molecule has 2 atom stereocenters. The number of para-hydroxylation sites is 2. The van der Waals surface area contributed by atoms with Gasteiger partial charge in [-0.15, -0.1) is 0 Å². The van der Waals surface area contributed by atoms with Crippen molar-refractivity contribution in [3.8, 4) is 0 Å². The molecule has 1 amide bonds. The molecule has 0 saturated carbocycles. The number of nitrogens with one attached hydrogen (secondary N) is 2. The Labute approximate surface area is 206 Å². The Balaban J connectivity index is 1.17. The van der Waals surface area contributed by atoms with Crippen molar-refractivity contribution in [1.29, 1.82) is 0 Å². The zero-order valence-corrected chi connectivity index (χ0v) is 20.7. The molecule has 2 aliphatic heterocycles. The summed E-state index contributed by atoms with van der Waals surface area (Å²) >= 11 is 0. The monoisotopic (exact) mass is 479 g/mol. The topological polar surface area (TPSA) is 96.2 Å². The van der Waals surface area contributed by atoms with E-state index in [-0.39, 0.29) is 17.6 Å². The SMILES string of the molecule is CCCCc1cc(CC2CNCCC2CC(=O)N2CCC(n3c(=O)[nH]c4ccccc43)CC2)no1. The fourth-order valence-corrected chi connectivity index (χ4v) is 5.84. The molecule has 0 bridgehead atoms. The van der Waals surface area contributed by atoms with Crippen molar-refractivity contribution in [2.45, 2.75) is 64.3 Å². The largest absolute Gasteiger partial charge is 0.361 e. The van der Waals surface area contributed by atoms with Gasteiger partial charge in [0.2, 0.25) is 5.91 Å². The number of carbonyl (C=O) groups is 1. The van der Waals surface area contributed by atoms with Gasteiger partial charge >= 0.3 is 5.69 Å². The number of aromatic amines is 1. The zero-order valence-electron chi connectivity index (χ0n) is 20.7. The minimum absolute atomic E-state index is 0.0563. The summed E-state index contributed by atoms with van der Waals surface area (Å²) in [6.45, 7) is 5.46. The third kappa shape index (κ3) is 5.37. The fourth-order valence-electron chi connectivity index (χ4n) is 5.84. The minimum atomic E-state index is -0.0563. The van der Waals surface area contributed by atoms with Crippen LogP contribution < -0.4 is 11.0 Å². The molecule has 3 aromatic rings. The van der Waals surface area contributed by atoms with Gasteiger partial charge in [-0.1, -0.05) is 30.6 Å². The number of aryl methyl sites for hydroxylation is 1. The molecule has 1 aromatic carbocycles. The van der Waals surface area contributed by atoms with Gasteiger partial charge in [0.25, 0.3) is 0 Å². The second-order valence-electron chi connectivity index (χ2n) is 10.2. The smallest absolute Gasteiger partial charge is 0.326 e. The van der Waals surface area contributed by atoms with Crippen molar-refractivity contribution >= 4 is 16.9 Å². The predicted molar refractivity (Wildman–Crippen MR) is 135 cm³/mol. The standard InChI is InChI=1S/C27H37N5O3/c1-2-3-6-23-17-21(30-35-23)15-20-18-28-12-9-19(20)16-26(33)31-13-10-22(11-14-31)32-25-8-5-4-7-24(25)29-27(32)34/h4-5,7-8,17,19-20,22,28H,2-3,6,9-16,18H2,1H3,(H,29,34). The summed E-state index contributed by atoms with van der Waals surface area (Å²) in [6, 6.07) is 10.1. The van der Waals surface area contributed by atoms with Crippen molar-refractivity contribution in [2.75, 3.05) is 26.2 Å². The van der Waals surface area contributed by atoms with Gasteiger partial charge in [0.05, 0.1) is 16.7 Å². The van der Waals surface area contributed by atoms with Crippen molar-refractivity contribution in [2.24, 2.45) is 11.8 Å². The minimum Gasteiger partial charge on any atom is -0.361 e. The van der Waals surface area contributed by atoms with Crippen LogP contribution >= 0.6 is 0 Å². The van der Waals surface area contributed by atoms with Crippen LogP contribution in [0.4, 0.5) is 0 Å². The number of imidazole rings is 1. The lowest BCUT2D eigenvalue weighted by molar-refractivity contribution is -0.134. The second kappa shape index (κ2) is 10.8. The van der Waals surface area contributed by atoms with Gasteiger partial charge in [-0.25, -0.2) is 4.79 Å². The van der Waals surface area contributed by atoms with E-state index in [1.807, 2.05) is 33.7 Å². The van der Waals surface area contributed by atoms with Gasteiger partial charge in [0, 0.05) is 38.0 Å². The number of unbranched alkanes of at least 4 members (excludes halogenated alkanes) is 1. The number of benzene rings is 1. The summed E-state index contributed by atoms with van der Waals surface area (Å²) in [6.07, 6.45) is 7.26. The van der Waals surface area contributed by atoms with Gasteiger partial charge < -0.3 is 19.7 Å². The molecule has 5 rings (SSSR count). The van der Waals surface area contributed by atoms with E-state index >= 15 is 0 Å². The number of H-pyrrole nitrogens is 1. The molecular formula is C27H37N5O3. The van der Waals surface area contributed by atoms with Crippen molar-refractivity contribution in [3.63, 3.8) is 0 Å². The lowest BCUT2D eigenvalue weighted by Crippen LogP contribution is -2.44. The van der Waals surface area contributed by atoms with Gasteiger partial charge in [0.1, 0.15) is 5.76 Å². The number of amides is 1. The van der Waals surface area contributed by atoms with Crippen LogP contribution in [0.5, 0.6) is 0 Å². The number of fused-ring (bicyclic) bond motifs is 1. The van der Waals surface area contributed by atoms with Crippen LogP contribution in [-0.4, -0.2) is 51.7 Å². The van der Waals surface area contributed by atoms with Crippen molar-refractivity contribution < 1.29 is 9.32 Å². The summed E-state index contributed by atoms with van der Waals surface area (Å²) < 4.78 is 7.41. The second-order valence-corrected chi connectivity index (χ2v) is 10.2. The number of hydrogen-bond donors (Lipinski definition) is 2. The molecule has 35 heavy (non-hydrogen) atoms. The molecule has 0 spiro atoms. The van der Waals surface area contributed by atoms with Crippen molar-refractivity contribution in [1.82, 2.24) is 24.9 Å². The molecule has 2 saturated heterocycles.